The molecule has 24 heavy (non-hydrogen) atoms. The molecule has 0 aromatic heterocycles. The van der Waals surface area contributed by atoms with E-state index in [9.17, 15) is 17.9 Å². The van der Waals surface area contributed by atoms with E-state index in [4.69, 9.17) is 11.5 Å². The molecule has 0 aliphatic carbocycles. The molecule has 1 amide bonds. The first kappa shape index (κ1) is 18.7. The van der Waals surface area contributed by atoms with E-state index in [0.29, 0.717) is 17.5 Å². The molecule has 0 bridgehead atoms. The highest BCUT2D eigenvalue weighted by molar-refractivity contribution is 7.77. The molecule has 9 heteroatoms. The van der Waals surface area contributed by atoms with Crippen LogP contribution in [0.4, 0.5) is 4.39 Å². The Morgan fingerprint density at radius 3 is 2.83 bits per heavy atom. The van der Waals surface area contributed by atoms with E-state index in [2.05, 4.69) is 4.83 Å². The summed E-state index contributed by atoms with van der Waals surface area (Å²) in [4.78, 5) is 14.8. The van der Waals surface area contributed by atoms with Gasteiger partial charge in [0.15, 0.2) is 0 Å². The van der Waals surface area contributed by atoms with E-state index >= 15 is 0 Å². The first-order valence-corrected chi connectivity index (χ1v) is 8.53. The van der Waals surface area contributed by atoms with Gasteiger partial charge in [0.2, 0.25) is 17.2 Å². The number of primary amides is 1. The van der Waals surface area contributed by atoms with E-state index in [0.717, 1.165) is 5.57 Å². The van der Waals surface area contributed by atoms with Crippen molar-refractivity contribution in [2.24, 2.45) is 11.5 Å². The van der Waals surface area contributed by atoms with Gasteiger partial charge in [-0.25, -0.2) is 13.6 Å². The third-order valence-electron chi connectivity index (χ3n) is 4.34. The van der Waals surface area contributed by atoms with Crippen molar-refractivity contribution in [1.29, 1.82) is 0 Å². The Bertz CT molecular complexity index is 697. The molecule has 0 spiro atoms. The maximum Gasteiger partial charge on any atom is 0.246 e. The summed E-state index contributed by atoms with van der Waals surface area (Å²) < 4.78 is 34.1. The molecular weight excluding hydrogens is 335 g/mol. The summed E-state index contributed by atoms with van der Waals surface area (Å²) in [7, 11) is 0. The number of nitrogens with zero attached hydrogens (tertiary/aromatic N) is 1. The fourth-order valence-corrected chi connectivity index (χ4v) is 3.59. The van der Waals surface area contributed by atoms with Crippen LogP contribution >= 0.6 is 0 Å². The van der Waals surface area contributed by atoms with Crippen LogP contribution in [0.15, 0.2) is 29.8 Å². The molecule has 7 nitrogen and oxygen atoms in total. The largest absolute Gasteiger partial charge is 0.368 e. The number of carbonyl (C=O) groups excluding carboxylic acids is 1. The lowest BCUT2D eigenvalue weighted by molar-refractivity contribution is -0.133. The maximum atomic E-state index is 13.6. The first-order valence-electron chi connectivity index (χ1n) is 7.43. The number of allylic oxidation sites excluding steroid dienone is 1. The number of halogens is 1. The normalized spacial score (nSPS) is 24.9. The lowest BCUT2D eigenvalue weighted by Gasteiger charge is -2.45. The van der Waals surface area contributed by atoms with Gasteiger partial charge in [-0.05, 0) is 36.6 Å². The maximum absolute atomic E-state index is 13.6. The zero-order valence-corrected chi connectivity index (χ0v) is 14.1. The first-order chi connectivity index (χ1) is 11.3. The van der Waals surface area contributed by atoms with Gasteiger partial charge in [0, 0.05) is 19.5 Å². The Hall–Kier alpha value is -1.65. The van der Waals surface area contributed by atoms with Crippen LogP contribution in [0.25, 0.3) is 0 Å². The minimum atomic E-state index is -2.38. The number of benzene rings is 1. The van der Waals surface area contributed by atoms with E-state index in [1.165, 1.54) is 23.2 Å². The minimum Gasteiger partial charge on any atom is -0.368 e. The van der Waals surface area contributed by atoms with Crippen LogP contribution in [0.3, 0.4) is 0 Å². The predicted octanol–water partition coefficient (Wildman–Crippen LogP) is 0.648. The van der Waals surface area contributed by atoms with Gasteiger partial charge in [-0.1, -0.05) is 17.7 Å². The van der Waals surface area contributed by atoms with Crippen LogP contribution in [-0.2, 0) is 28.1 Å². The van der Waals surface area contributed by atoms with Gasteiger partial charge < -0.3 is 11.5 Å². The van der Waals surface area contributed by atoms with Crippen molar-refractivity contribution < 1.29 is 17.9 Å². The van der Waals surface area contributed by atoms with Crippen molar-refractivity contribution in [3.05, 3.63) is 46.8 Å². The number of rotatable bonds is 5. The van der Waals surface area contributed by atoms with Crippen LogP contribution in [-0.4, -0.2) is 26.2 Å². The fourth-order valence-electron chi connectivity index (χ4n) is 3.15. The van der Waals surface area contributed by atoms with E-state index in [-0.39, 0.29) is 19.5 Å². The Morgan fingerprint density at radius 2 is 2.29 bits per heavy atom. The molecule has 1 aromatic rings. The lowest BCUT2D eigenvalue weighted by Crippen LogP contribution is -2.63. The van der Waals surface area contributed by atoms with Gasteiger partial charge >= 0.3 is 0 Å². The van der Waals surface area contributed by atoms with Gasteiger partial charge in [-0.2, -0.15) is 0 Å². The van der Waals surface area contributed by atoms with Gasteiger partial charge in [0.25, 0.3) is 0 Å². The van der Waals surface area contributed by atoms with Crippen LogP contribution in [0.2, 0.25) is 0 Å². The van der Waals surface area contributed by atoms with Crippen molar-refractivity contribution >= 4 is 17.2 Å². The molecule has 1 heterocycles. The van der Waals surface area contributed by atoms with Gasteiger partial charge in [0.1, 0.15) is 11.4 Å². The molecule has 1 aromatic carbocycles. The molecule has 6 N–H and O–H groups in total. The molecule has 1 aliphatic heterocycles. The molecule has 1 aliphatic rings. The highest BCUT2D eigenvalue weighted by Crippen LogP contribution is 2.40. The second-order valence-electron chi connectivity index (χ2n) is 5.60. The SMILES string of the molecule is CC=C1CCN(NS(=O)O)C(C(N)=O)(c2ccc(F)cc2CN)C1. The van der Waals surface area contributed by atoms with Gasteiger partial charge in [0.05, 0.1) is 0 Å². The number of nitrogens with one attached hydrogen (secondary N) is 1. The number of hydrazine groups is 1. The smallest absolute Gasteiger partial charge is 0.246 e. The topological polar surface area (TPSA) is 122 Å². The Labute approximate surface area is 142 Å². The average Bonchev–Trinajstić information content (AvgIpc) is 2.54. The molecule has 2 atom stereocenters. The number of hydrogen-bond donors (Lipinski definition) is 4. The van der Waals surface area contributed by atoms with Crippen LogP contribution < -0.4 is 16.3 Å². The predicted molar refractivity (Wildman–Crippen MR) is 88.8 cm³/mol. The Kier molecular flexibility index (Phi) is 5.83. The number of carbonyl (C=O) groups is 1. The zero-order chi connectivity index (χ0) is 17.9. The second kappa shape index (κ2) is 7.49. The standard InChI is InChI=1S/C15H21FN4O3S/c1-2-10-5-6-20(19-24(22)23)15(8-10,14(18)21)13-4-3-12(16)7-11(13)9-17/h2-4,7,19H,5-6,8-9,17H2,1H3,(H2,18,21)(H,22,23). The average molecular weight is 356 g/mol. The second-order valence-corrected chi connectivity index (χ2v) is 6.28. The number of amides is 1. The number of hydrogen-bond acceptors (Lipinski definition) is 4. The number of nitrogens with two attached hydrogens (primary N) is 2. The molecule has 2 unspecified atom stereocenters. The molecule has 0 saturated carbocycles. The fraction of sp³-hybridized carbons (Fsp3) is 0.400. The molecule has 2 rings (SSSR count). The van der Waals surface area contributed by atoms with Crippen LogP contribution in [0, 0.1) is 5.82 Å². The summed E-state index contributed by atoms with van der Waals surface area (Å²) in [6.45, 7) is 2.14. The Morgan fingerprint density at radius 1 is 1.58 bits per heavy atom. The molecule has 1 fully saturated rings. The van der Waals surface area contributed by atoms with Crippen LogP contribution in [0.1, 0.15) is 30.9 Å². The van der Waals surface area contributed by atoms with E-state index < -0.39 is 28.5 Å². The summed E-state index contributed by atoms with van der Waals surface area (Å²) in [5, 5.41) is 1.35. The minimum absolute atomic E-state index is 0.00332. The summed E-state index contributed by atoms with van der Waals surface area (Å²) in [6.07, 6.45) is 2.72. The monoisotopic (exact) mass is 356 g/mol. The summed E-state index contributed by atoms with van der Waals surface area (Å²) in [5.74, 6) is -1.19. The van der Waals surface area contributed by atoms with E-state index in [1.807, 2.05) is 13.0 Å². The van der Waals surface area contributed by atoms with E-state index in [1.54, 1.807) is 0 Å². The van der Waals surface area contributed by atoms with Crippen molar-refractivity contribution in [3.63, 3.8) is 0 Å². The molecular formula is C15H21FN4O3S. The third-order valence-corrected chi connectivity index (χ3v) is 4.71. The molecule has 132 valence electrons. The molecule has 1 saturated heterocycles. The lowest BCUT2D eigenvalue weighted by atomic mass is 9.76. The third kappa shape index (κ3) is 3.40. The van der Waals surface area contributed by atoms with Gasteiger partial charge in [-0.3, -0.25) is 9.35 Å². The summed E-state index contributed by atoms with van der Waals surface area (Å²) in [6, 6.07) is 3.92. The number of piperidine rings is 1. The van der Waals surface area contributed by atoms with Crippen molar-refractivity contribution in [2.75, 3.05) is 6.54 Å². The zero-order valence-electron chi connectivity index (χ0n) is 13.3. The quantitative estimate of drug-likeness (QED) is 0.456. The summed E-state index contributed by atoms with van der Waals surface area (Å²) >= 11 is -2.38. The Balaban J connectivity index is 2.68. The van der Waals surface area contributed by atoms with Crippen molar-refractivity contribution in [3.8, 4) is 0 Å². The summed E-state index contributed by atoms with van der Waals surface area (Å²) in [5.41, 5.74) is 11.8. The molecule has 0 radical (unpaired) electrons. The highest BCUT2D eigenvalue weighted by atomic mass is 32.2. The van der Waals surface area contributed by atoms with Crippen molar-refractivity contribution in [2.45, 2.75) is 31.8 Å². The van der Waals surface area contributed by atoms with Crippen LogP contribution in [0.5, 0.6) is 0 Å². The highest BCUT2D eigenvalue weighted by Gasteiger charge is 2.49. The van der Waals surface area contributed by atoms with Gasteiger partial charge in [-0.15, -0.1) is 4.83 Å². The van der Waals surface area contributed by atoms with Crippen molar-refractivity contribution in [1.82, 2.24) is 9.84 Å².